The molecule has 4 aromatic rings. The number of halogens is 2. The fourth-order valence-electron chi connectivity index (χ4n) is 3.27. The minimum absolute atomic E-state index is 0.0403. The van der Waals surface area contributed by atoms with Crippen LogP contribution in [-0.2, 0) is 11.2 Å². The van der Waals surface area contributed by atoms with Gasteiger partial charge in [-0.2, -0.15) is 0 Å². The van der Waals surface area contributed by atoms with Gasteiger partial charge < -0.3 is 15.4 Å². The summed E-state index contributed by atoms with van der Waals surface area (Å²) in [4.78, 5) is 25.6. The fraction of sp³-hybridized carbons (Fsp3) is 0.120. The molecule has 3 amide bonds. The number of aromatic nitrogens is 2. The third-order valence-electron chi connectivity index (χ3n) is 5.07. The molecule has 36 heavy (non-hydrogen) atoms. The first-order valence-corrected chi connectivity index (χ1v) is 11.6. The maximum absolute atomic E-state index is 13.5. The number of hydrogen-bond donors (Lipinski definition) is 3. The summed E-state index contributed by atoms with van der Waals surface area (Å²) in [5, 5.41) is 16.7. The van der Waals surface area contributed by atoms with Crippen LogP contribution in [0.3, 0.4) is 0 Å². The number of amides is 3. The van der Waals surface area contributed by atoms with Crippen molar-refractivity contribution in [3.8, 4) is 16.3 Å². The standard InChI is InChI=1S/C25H21F2N5O3S/c1-35-18-10-7-16(8-11-18)23-31-32-25(36-23)30-22(33)21(13-15-5-3-2-4-6-15)29-24(34)28-17-9-12-19(26)20(27)14-17/h2-12,14,21H,13H2,1H3,(H2,28,29,34)(H,30,32,33). The number of carbonyl (C=O) groups excluding carboxylic acids is 2. The highest BCUT2D eigenvalue weighted by molar-refractivity contribution is 7.18. The highest BCUT2D eigenvalue weighted by atomic mass is 32.1. The Bertz CT molecular complexity index is 1350. The van der Waals surface area contributed by atoms with Gasteiger partial charge in [-0.25, -0.2) is 13.6 Å². The molecule has 3 aromatic carbocycles. The van der Waals surface area contributed by atoms with Gasteiger partial charge in [0.1, 0.15) is 16.8 Å². The number of urea groups is 1. The second-order valence-corrected chi connectivity index (χ2v) is 8.58. The van der Waals surface area contributed by atoms with Gasteiger partial charge in [0.15, 0.2) is 11.6 Å². The first-order valence-electron chi connectivity index (χ1n) is 10.8. The minimum atomic E-state index is -1.10. The van der Waals surface area contributed by atoms with Gasteiger partial charge in [-0.15, -0.1) is 10.2 Å². The predicted molar refractivity (Wildman–Crippen MR) is 133 cm³/mol. The van der Waals surface area contributed by atoms with Crippen molar-refractivity contribution in [2.24, 2.45) is 0 Å². The summed E-state index contributed by atoms with van der Waals surface area (Å²) in [6, 6.07) is 17.6. The van der Waals surface area contributed by atoms with Crippen LogP contribution in [-0.4, -0.2) is 35.3 Å². The number of hydrogen-bond acceptors (Lipinski definition) is 6. The van der Waals surface area contributed by atoms with E-state index >= 15 is 0 Å². The maximum atomic E-state index is 13.5. The molecule has 1 heterocycles. The molecular formula is C25H21F2N5O3S. The van der Waals surface area contributed by atoms with Crippen molar-refractivity contribution >= 4 is 34.1 Å². The number of methoxy groups -OCH3 is 1. The molecule has 11 heteroatoms. The monoisotopic (exact) mass is 509 g/mol. The van der Waals surface area contributed by atoms with E-state index in [1.54, 1.807) is 19.2 Å². The summed E-state index contributed by atoms with van der Waals surface area (Å²) in [7, 11) is 1.58. The van der Waals surface area contributed by atoms with Crippen LogP contribution in [0.1, 0.15) is 5.56 Å². The van der Waals surface area contributed by atoms with Gasteiger partial charge >= 0.3 is 6.03 Å². The Morgan fingerprint density at radius 3 is 2.39 bits per heavy atom. The molecule has 0 aliphatic heterocycles. The van der Waals surface area contributed by atoms with E-state index in [0.29, 0.717) is 10.8 Å². The van der Waals surface area contributed by atoms with Gasteiger partial charge in [0, 0.05) is 23.7 Å². The van der Waals surface area contributed by atoms with Crippen LogP contribution in [0.5, 0.6) is 5.75 Å². The van der Waals surface area contributed by atoms with E-state index in [0.717, 1.165) is 23.3 Å². The van der Waals surface area contributed by atoms with E-state index in [1.807, 2.05) is 42.5 Å². The predicted octanol–water partition coefficient (Wildman–Crippen LogP) is 4.86. The Balaban J connectivity index is 1.47. The van der Waals surface area contributed by atoms with Gasteiger partial charge in [-0.1, -0.05) is 41.7 Å². The number of benzene rings is 3. The highest BCUT2D eigenvalue weighted by Gasteiger charge is 2.23. The van der Waals surface area contributed by atoms with E-state index in [1.165, 1.54) is 17.4 Å². The summed E-state index contributed by atoms with van der Waals surface area (Å²) < 4.78 is 31.8. The second kappa shape index (κ2) is 11.4. The number of ether oxygens (including phenoxy) is 1. The molecule has 0 aliphatic carbocycles. The average Bonchev–Trinajstić information content (AvgIpc) is 3.35. The first kappa shape index (κ1) is 24.7. The molecule has 3 N–H and O–H groups in total. The van der Waals surface area contributed by atoms with E-state index in [-0.39, 0.29) is 17.2 Å². The molecule has 0 radical (unpaired) electrons. The first-order chi connectivity index (χ1) is 17.4. The number of rotatable bonds is 8. The quantitative estimate of drug-likeness (QED) is 0.315. The molecule has 1 unspecified atom stereocenters. The summed E-state index contributed by atoms with van der Waals surface area (Å²) in [5.74, 6) is -1.95. The van der Waals surface area contributed by atoms with Crippen molar-refractivity contribution in [3.05, 3.63) is 90.0 Å². The molecule has 0 saturated heterocycles. The van der Waals surface area contributed by atoms with Crippen LogP contribution in [0, 0.1) is 11.6 Å². The fourth-order valence-corrected chi connectivity index (χ4v) is 4.03. The molecule has 0 aliphatic rings. The van der Waals surface area contributed by atoms with Crippen molar-refractivity contribution < 1.29 is 23.1 Å². The molecular weight excluding hydrogens is 488 g/mol. The van der Waals surface area contributed by atoms with Crippen LogP contribution in [0.2, 0.25) is 0 Å². The van der Waals surface area contributed by atoms with Gasteiger partial charge in [-0.05, 0) is 42.0 Å². The molecule has 1 atom stereocenters. The lowest BCUT2D eigenvalue weighted by Crippen LogP contribution is -2.46. The minimum Gasteiger partial charge on any atom is -0.497 e. The zero-order valence-corrected chi connectivity index (χ0v) is 19.8. The zero-order valence-electron chi connectivity index (χ0n) is 19.0. The Kier molecular flexibility index (Phi) is 7.81. The topological polar surface area (TPSA) is 105 Å². The van der Waals surface area contributed by atoms with Crippen LogP contribution < -0.4 is 20.7 Å². The normalized spacial score (nSPS) is 11.4. The van der Waals surface area contributed by atoms with E-state index in [9.17, 15) is 18.4 Å². The summed E-state index contributed by atoms with van der Waals surface area (Å²) in [5.41, 5.74) is 1.65. The Labute approximate surface area is 209 Å². The Morgan fingerprint density at radius 1 is 0.944 bits per heavy atom. The van der Waals surface area contributed by atoms with Crippen LogP contribution in [0.15, 0.2) is 72.8 Å². The van der Waals surface area contributed by atoms with Crippen molar-refractivity contribution in [2.45, 2.75) is 12.5 Å². The van der Waals surface area contributed by atoms with Crippen molar-refractivity contribution in [1.82, 2.24) is 15.5 Å². The molecule has 4 rings (SSSR count). The van der Waals surface area contributed by atoms with Gasteiger partial charge in [0.2, 0.25) is 11.0 Å². The van der Waals surface area contributed by atoms with E-state index in [2.05, 4.69) is 26.1 Å². The number of anilines is 2. The summed E-state index contributed by atoms with van der Waals surface area (Å²) >= 11 is 1.18. The Morgan fingerprint density at radius 2 is 1.69 bits per heavy atom. The van der Waals surface area contributed by atoms with E-state index < -0.39 is 29.6 Å². The van der Waals surface area contributed by atoms with Crippen LogP contribution >= 0.6 is 11.3 Å². The van der Waals surface area contributed by atoms with Crippen LogP contribution in [0.25, 0.3) is 10.6 Å². The van der Waals surface area contributed by atoms with E-state index in [4.69, 9.17) is 4.74 Å². The molecule has 0 saturated carbocycles. The smallest absolute Gasteiger partial charge is 0.319 e. The molecule has 8 nitrogen and oxygen atoms in total. The third-order valence-corrected chi connectivity index (χ3v) is 5.96. The lowest BCUT2D eigenvalue weighted by molar-refractivity contribution is -0.117. The number of nitrogens with one attached hydrogen (secondary N) is 3. The summed E-state index contributed by atoms with van der Waals surface area (Å²) in [6.45, 7) is 0. The summed E-state index contributed by atoms with van der Waals surface area (Å²) in [6.07, 6.45) is 0.183. The van der Waals surface area contributed by atoms with Crippen molar-refractivity contribution in [2.75, 3.05) is 17.7 Å². The largest absolute Gasteiger partial charge is 0.497 e. The van der Waals surface area contributed by atoms with Crippen molar-refractivity contribution in [3.63, 3.8) is 0 Å². The van der Waals surface area contributed by atoms with Crippen molar-refractivity contribution in [1.29, 1.82) is 0 Å². The lowest BCUT2D eigenvalue weighted by atomic mass is 10.1. The molecule has 0 spiro atoms. The van der Waals surface area contributed by atoms with Gasteiger partial charge in [-0.3, -0.25) is 10.1 Å². The number of nitrogens with zero attached hydrogens (tertiary/aromatic N) is 2. The third kappa shape index (κ3) is 6.39. The average molecular weight is 510 g/mol. The maximum Gasteiger partial charge on any atom is 0.319 e. The molecule has 0 fully saturated rings. The number of carbonyl (C=O) groups is 2. The van der Waals surface area contributed by atoms with Crippen LogP contribution in [0.4, 0.5) is 24.4 Å². The molecule has 184 valence electrons. The Hall–Kier alpha value is -4.38. The highest BCUT2D eigenvalue weighted by Crippen LogP contribution is 2.28. The lowest BCUT2D eigenvalue weighted by Gasteiger charge is -2.18. The molecule has 0 bridgehead atoms. The van der Waals surface area contributed by atoms with Gasteiger partial charge in [0.05, 0.1) is 7.11 Å². The SMILES string of the molecule is COc1ccc(-c2nnc(NC(=O)C(Cc3ccccc3)NC(=O)Nc3ccc(F)c(F)c3)s2)cc1. The zero-order chi connectivity index (χ0) is 25.5. The molecule has 1 aromatic heterocycles. The van der Waals surface area contributed by atoms with Gasteiger partial charge in [0.25, 0.3) is 0 Å². The second-order valence-electron chi connectivity index (χ2n) is 7.60.